The Bertz CT molecular complexity index is 1060. The number of hydrogen-bond acceptors (Lipinski definition) is 5. The number of aryl methyl sites for hydroxylation is 1. The topological polar surface area (TPSA) is 71.0 Å². The predicted octanol–water partition coefficient (Wildman–Crippen LogP) is 4.05. The van der Waals surface area contributed by atoms with Crippen LogP contribution in [-0.4, -0.2) is 45.9 Å². The molecule has 0 saturated carbocycles. The fourth-order valence-corrected chi connectivity index (χ4v) is 3.74. The molecule has 30 heavy (non-hydrogen) atoms. The molecule has 3 aromatic rings. The van der Waals surface area contributed by atoms with Crippen LogP contribution in [0.5, 0.6) is 0 Å². The van der Waals surface area contributed by atoms with Crippen LogP contribution in [0.4, 0.5) is 10.2 Å². The maximum Gasteiger partial charge on any atom is 0.253 e. The first-order valence-electron chi connectivity index (χ1n) is 10.1. The molecule has 1 aromatic carbocycles. The minimum atomic E-state index is -0.356. The molecular weight excluding hydrogens is 381 g/mol. The Labute approximate surface area is 175 Å². The van der Waals surface area contributed by atoms with Gasteiger partial charge in [-0.2, -0.15) is 0 Å². The van der Waals surface area contributed by atoms with E-state index >= 15 is 0 Å². The Kier molecular flexibility index (Phi) is 5.70. The van der Waals surface area contributed by atoms with Crippen molar-refractivity contribution >= 4 is 11.7 Å². The predicted molar refractivity (Wildman–Crippen MR) is 114 cm³/mol. The summed E-state index contributed by atoms with van der Waals surface area (Å²) in [5, 5.41) is 3.10. The van der Waals surface area contributed by atoms with Crippen molar-refractivity contribution in [3.8, 4) is 11.4 Å². The lowest BCUT2D eigenvalue weighted by Crippen LogP contribution is -2.39. The molecule has 1 atom stereocenters. The number of rotatable bonds is 4. The molecule has 1 N–H and O–H groups in total. The molecular formula is C23H24FN5O. The van der Waals surface area contributed by atoms with Crippen molar-refractivity contribution in [1.29, 1.82) is 0 Å². The summed E-state index contributed by atoms with van der Waals surface area (Å²) >= 11 is 0. The third kappa shape index (κ3) is 4.15. The van der Waals surface area contributed by atoms with E-state index in [9.17, 15) is 9.18 Å². The Hall–Kier alpha value is -3.35. The van der Waals surface area contributed by atoms with Gasteiger partial charge in [0.1, 0.15) is 11.6 Å². The van der Waals surface area contributed by atoms with Gasteiger partial charge in [-0.1, -0.05) is 6.07 Å². The Balaban J connectivity index is 1.60. The summed E-state index contributed by atoms with van der Waals surface area (Å²) in [5.74, 6) is 0.953. The number of carbonyl (C=O) groups excluding carboxylic acids is 1. The van der Waals surface area contributed by atoms with Crippen LogP contribution in [0.3, 0.4) is 0 Å². The molecule has 3 heterocycles. The van der Waals surface area contributed by atoms with Gasteiger partial charge in [-0.05, 0) is 49.6 Å². The van der Waals surface area contributed by atoms with Crippen LogP contribution in [0.2, 0.25) is 0 Å². The number of nitrogens with one attached hydrogen (secondary N) is 1. The Morgan fingerprint density at radius 2 is 1.97 bits per heavy atom. The van der Waals surface area contributed by atoms with E-state index < -0.39 is 0 Å². The minimum Gasteiger partial charge on any atom is -0.373 e. The third-order valence-corrected chi connectivity index (χ3v) is 5.49. The highest BCUT2D eigenvalue weighted by molar-refractivity contribution is 5.94. The molecule has 2 aromatic heterocycles. The van der Waals surface area contributed by atoms with E-state index in [1.807, 2.05) is 25.2 Å². The summed E-state index contributed by atoms with van der Waals surface area (Å²) in [5.41, 5.74) is 2.71. The molecule has 4 rings (SSSR count). The number of nitrogens with zero attached hydrogens (tertiary/aromatic N) is 4. The van der Waals surface area contributed by atoms with Gasteiger partial charge >= 0.3 is 0 Å². The van der Waals surface area contributed by atoms with Crippen molar-refractivity contribution in [2.24, 2.45) is 0 Å². The van der Waals surface area contributed by atoms with Gasteiger partial charge < -0.3 is 10.2 Å². The van der Waals surface area contributed by atoms with Crippen LogP contribution in [0, 0.1) is 12.7 Å². The van der Waals surface area contributed by atoms with E-state index in [-0.39, 0.29) is 17.6 Å². The fourth-order valence-electron chi connectivity index (χ4n) is 3.74. The van der Waals surface area contributed by atoms with Gasteiger partial charge in [-0.25, -0.2) is 14.4 Å². The molecule has 0 unspecified atom stereocenters. The molecule has 1 amide bonds. The average Bonchev–Trinajstić information content (AvgIpc) is 2.80. The molecule has 0 bridgehead atoms. The largest absolute Gasteiger partial charge is 0.373 e. The highest BCUT2D eigenvalue weighted by Gasteiger charge is 2.27. The van der Waals surface area contributed by atoms with Crippen molar-refractivity contribution in [1.82, 2.24) is 19.9 Å². The molecule has 7 heteroatoms. The number of carbonyl (C=O) groups is 1. The summed E-state index contributed by atoms with van der Waals surface area (Å²) < 4.78 is 13.9. The summed E-state index contributed by atoms with van der Waals surface area (Å²) in [7, 11) is 1.82. The number of benzene rings is 1. The summed E-state index contributed by atoms with van der Waals surface area (Å²) in [6.45, 7) is 2.89. The normalized spacial score (nSPS) is 16.4. The zero-order chi connectivity index (χ0) is 21.1. The minimum absolute atomic E-state index is 0.0914. The van der Waals surface area contributed by atoms with Gasteiger partial charge in [0.15, 0.2) is 5.82 Å². The first-order valence-corrected chi connectivity index (χ1v) is 10.1. The number of hydrogen-bond donors (Lipinski definition) is 1. The number of likely N-dealkylation sites (tertiary alicyclic amines) is 1. The van der Waals surface area contributed by atoms with E-state index in [2.05, 4.69) is 15.3 Å². The van der Waals surface area contributed by atoms with E-state index in [1.165, 1.54) is 6.07 Å². The molecule has 1 saturated heterocycles. The van der Waals surface area contributed by atoms with Crippen molar-refractivity contribution in [2.75, 3.05) is 25.5 Å². The quantitative estimate of drug-likeness (QED) is 0.709. The van der Waals surface area contributed by atoms with Crippen LogP contribution >= 0.6 is 0 Å². The summed E-state index contributed by atoms with van der Waals surface area (Å²) in [4.78, 5) is 28.2. The monoisotopic (exact) mass is 405 g/mol. The van der Waals surface area contributed by atoms with Gasteiger partial charge in [0.05, 0.1) is 5.69 Å². The SMILES string of the molecule is CNc1cc([C@@H]2CCCN(C(=O)c3ccc(C)c(F)c3)C2)nc(-c2ccncc2)n1. The summed E-state index contributed by atoms with van der Waals surface area (Å²) in [6, 6.07) is 10.4. The molecule has 1 fully saturated rings. The number of anilines is 1. The zero-order valence-corrected chi connectivity index (χ0v) is 17.1. The standard InChI is InChI=1S/C23H24FN5O/c1-15-5-6-17(12-19(15)24)23(30)29-11-3-4-18(14-29)20-13-21(25-2)28-22(27-20)16-7-9-26-10-8-16/h5-10,12-13,18H,3-4,11,14H2,1-2H3,(H,25,27,28)/t18-/m1/s1. The van der Waals surface area contributed by atoms with Gasteiger partial charge in [-0.3, -0.25) is 9.78 Å². The second-order valence-corrected chi connectivity index (χ2v) is 7.54. The summed E-state index contributed by atoms with van der Waals surface area (Å²) in [6.07, 6.45) is 5.23. The van der Waals surface area contributed by atoms with Crippen LogP contribution in [0.15, 0.2) is 48.8 Å². The highest BCUT2D eigenvalue weighted by Crippen LogP contribution is 2.29. The maximum atomic E-state index is 13.9. The lowest BCUT2D eigenvalue weighted by Gasteiger charge is -2.33. The van der Waals surface area contributed by atoms with Gasteiger partial charge in [-0.15, -0.1) is 0 Å². The van der Waals surface area contributed by atoms with E-state index in [4.69, 9.17) is 4.98 Å². The smallest absolute Gasteiger partial charge is 0.253 e. The lowest BCUT2D eigenvalue weighted by molar-refractivity contribution is 0.0705. The number of pyridine rings is 1. The van der Waals surface area contributed by atoms with Crippen LogP contribution in [-0.2, 0) is 0 Å². The van der Waals surface area contributed by atoms with Crippen molar-refractivity contribution in [3.05, 3.63) is 71.4 Å². The van der Waals surface area contributed by atoms with Gasteiger partial charge in [0.2, 0.25) is 0 Å². The van der Waals surface area contributed by atoms with Crippen molar-refractivity contribution < 1.29 is 9.18 Å². The number of amides is 1. The zero-order valence-electron chi connectivity index (χ0n) is 17.1. The first-order chi connectivity index (χ1) is 14.5. The molecule has 154 valence electrons. The number of aromatic nitrogens is 3. The molecule has 6 nitrogen and oxygen atoms in total. The number of piperidine rings is 1. The Morgan fingerprint density at radius 1 is 1.17 bits per heavy atom. The lowest BCUT2D eigenvalue weighted by atomic mass is 9.93. The fraction of sp³-hybridized carbons (Fsp3) is 0.304. The first kappa shape index (κ1) is 19.9. The molecule has 1 aliphatic rings. The van der Waals surface area contributed by atoms with Gasteiger partial charge in [0.25, 0.3) is 5.91 Å². The second kappa shape index (κ2) is 8.57. The van der Waals surface area contributed by atoms with Crippen LogP contribution in [0.1, 0.15) is 40.4 Å². The number of halogens is 1. The Morgan fingerprint density at radius 3 is 2.70 bits per heavy atom. The van der Waals surface area contributed by atoms with Crippen LogP contribution in [0.25, 0.3) is 11.4 Å². The van der Waals surface area contributed by atoms with Crippen molar-refractivity contribution in [3.63, 3.8) is 0 Å². The van der Waals surface area contributed by atoms with E-state index in [1.54, 1.807) is 36.4 Å². The molecule has 1 aliphatic heterocycles. The average molecular weight is 405 g/mol. The van der Waals surface area contributed by atoms with Crippen molar-refractivity contribution in [2.45, 2.75) is 25.7 Å². The van der Waals surface area contributed by atoms with E-state index in [0.29, 0.717) is 30.0 Å². The van der Waals surface area contributed by atoms with E-state index in [0.717, 1.165) is 29.9 Å². The highest BCUT2D eigenvalue weighted by atomic mass is 19.1. The van der Waals surface area contributed by atoms with Crippen LogP contribution < -0.4 is 5.32 Å². The maximum absolute atomic E-state index is 13.9. The molecule has 0 radical (unpaired) electrons. The second-order valence-electron chi connectivity index (χ2n) is 7.54. The molecule has 0 aliphatic carbocycles. The third-order valence-electron chi connectivity index (χ3n) is 5.49. The van der Waals surface area contributed by atoms with Gasteiger partial charge in [0, 0.05) is 55.6 Å². The molecule has 0 spiro atoms.